The zero-order valence-corrected chi connectivity index (χ0v) is 9.30. The minimum atomic E-state index is -0.521. The molecule has 16 heavy (non-hydrogen) atoms. The number of aromatic nitrogens is 2. The molecule has 0 radical (unpaired) electrons. The number of carbonyl (C=O) groups is 1. The Morgan fingerprint density at radius 2 is 2.31 bits per heavy atom. The first-order valence-electron chi connectivity index (χ1n) is 5.01. The minimum Gasteiger partial charge on any atom is -0.464 e. The number of nitrogens with one attached hydrogen (secondary N) is 1. The molecule has 0 amide bonds. The molecule has 6 heteroatoms. The molecule has 1 heterocycles. The van der Waals surface area contributed by atoms with E-state index in [9.17, 15) is 9.90 Å². The molecule has 1 aromatic heterocycles. The molecular formula is C10H15N3O3. The fourth-order valence-corrected chi connectivity index (χ4v) is 1.01. The van der Waals surface area contributed by atoms with E-state index >= 15 is 0 Å². The van der Waals surface area contributed by atoms with Crippen molar-refractivity contribution in [1.82, 2.24) is 10.2 Å². The lowest BCUT2D eigenvalue weighted by molar-refractivity contribution is 0.0592. The van der Waals surface area contributed by atoms with Crippen LogP contribution in [0.3, 0.4) is 0 Å². The summed E-state index contributed by atoms with van der Waals surface area (Å²) in [7, 11) is 1.29. The number of aliphatic hydroxyl groups is 1. The van der Waals surface area contributed by atoms with Crippen molar-refractivity contribution in [3.05, 3.63) is 17.8 Å². The number of esters is 1. The monoisotopic (exact) mass is 225 g/mol. The zero-order chi connectivity index (χ0) is 12.0. The molecule has 1 rings (SSSR count). The molecular weight excluding hydrogens is 210 g/mol. The van der Waals surface area contributed by atoms with Crippen LogP contribution < -0.4 is 5.32 Å². The molecule has 0 saturated carbocycles. The molecule has 0 bridgehead atoms. The van der Waals surface area contributed by atoms with Gasteiger partial charge in [-0.1, -0.05) is 6.92 Å². The molecule has 88 valence electrons. The van der Waals surface area contributed by atoms with Gasteiger partial charge in [-0.25, -0.2) is 4.79 Å². The van der Waals surface area contributed by atoms with Crippen LogP contribution in [0.25, 0.3) is 0 Å². The number of ether oxygens (including phenoxy) is 1. The van der Waals surface area contributed by atoms with E-state index in [0.717, 1.165) is 0 Å². The van der Waals surface area contributed by atoms with Crippen LogP contribution >= 0.6 is 0 Å². The van der Waals surface area contributed by atoms with Gasteiger partial charge in [0.25, 0.3) is 0 Å². The summed E-state index contributed by atoms with van der Waals surface area (Å²) in [6.45, 7) is 2.29. The molecule has 1 unspecified atom stereocenters. The maximum Gasteiger partial charge on any atom is 0.358 e. The van der Waals surface area contributed by atoms with E-state index in [1.54, 1.807) is 6.07 Å². The van der Waals surface area contributed by atoms with Crippen LogP contribution in [0, 0.1) is 0 Å². The van der Waals surface area contributed by atoms with Gasteiger partial charge in [0.15, 0.2) is 5.69 Å². The largest absolute Gasteiger partial charge is 0.464 e. The minimum absolute atomic E-state index is 0.157. The maximum atomic E-state index is 11.1. The third-order valence-electron chi connectivity index (χ3n) is 2.05. The van der Waals surface area contributed by atoms with Gasteiger partial charge in [-0.15, -0.1) is 10.2 Å². The molecule has 0 aromatic carbocycles. The Labute approximate surface area is 93.6 Å². The number of nitrogens with zero attached hydrogens (tertiary/aromatic N) is 2. The highest BCUT2D eigenvalue weighted by molar-refractivity contribution is 5.86. The van der Waals surface area contributed by atoms with E-state index in [1.165, 1.54) is 13.2 Å². The van der Waals surface area contributed by atoms with Gasteiger partial charge in [-0.3, -0.25) is 0 Å². The molecule has 2 N–H and O–H groups in total. The van der Waals surface area contributed by atoms with E-state index in [2.05, 4.69) is 20.3 Å². The second-order valence-corrected chi connectivity index (χ2v) is 3.24. The van der Waals surface area contributed by atoms with Crippen LogP contribution in [0.15, 0.2) is 12.1 Å². The third-order valence-corrected chi connectivity index (χ3v) is 2.05. The normalized spacial score (nSPS) is 11.9. The van der Waals surface area contributed by atoms with E-state index < -0.39 is 12.1 Å². The van der Waals surface area contributed by atoms with Crippen molar-refractivity contribution < 1.29 is 14.6 Å². The van der Waals surface area contributed by atoms with E-state index in [-0.39, 0.29) is 5.69 Å². The van der Waals surface area contributed by atoms with Crippen molar-refractivity contribution in [3.63, 3.8) is 0 Å². The van der Waals surface area contributed by atoms with Gasteiger partial charge >= 0.3 is 5.97 Å². The van der Waals surface area contributed by atoms with Gasteiger partial charge in [-0.05, 0) is 18.6 Å². The van der Waals surface area contributed by atoms with Gasteiger partial charge in [0.1, 0.15) is 5.82 Å². The number of aliphatic hydroxyl groups excluding tert-OH is 1. The highest BCUT2D eigenvalue weighted by Crippen LogP contribution is 2.03. The van der Waals surface area contributed by atoms with Crippen molar-refractivity contribution in [2.45, 2.75) is 19.4 Å². The maximum absolute atomic E-state index is 11.1. The summed E-state index contributed by atoms with van der Waals surface area (Å²) in [5.74, 6) is -0.00667. The molecule has 0 aliphatic carbocycles. The van der Waals surface area contributed by atoms with E-state index in [0.29, 0.717) is 18.8 Å². The predicted octanol–water partition coefficient (Wildman–Crippen LogP) is 0.446. The molecule has 0 aliphatic rings. The van der Waals surface area contributed by atoms with E-state index in [1.807, 2.05) is 6.92 Å². The average molecular weight is 225 g/mol. The summed E-state index contributed by atoms with van der Waals surface area (Å²) in [6, 6.07) is 3.13. The summed E-state index contributed by atoms with van der Waals surface area (Å²) in [5, 5.41) is 19.7. The van der Waals surface area contributed by atoms with Gasteiger partial charge in [0.05, 0.1) is 13.2 Å². The van der Waals surface area contributed by atoms with Gasteiger partial charge in [0.2, 0.25) is 0 Å². The summed E-state index contributed by atoms with van der Waals surface area (Å²) in [6.07, 6.45) is 0.253. The summed E-state index contributed by atoms with van der Waals surface area (Å²) < 4.78 is 4.49. The van der Waals surface area contributed by atoms with Crippen molar-refractivity contribution in [1.29, 1.82) is 0 Å². The molecule has 0 spiro atoms. The van der Waals surface area contributed by atoms with Gasteiger partial charge < -0.3 is 15.2 Å². The Morgan fingerprint density at radius 1 is 1.56 bits per heavy atom. The number of methoxy groups -OCH3 is 1. The van der Waals surface area contributed by atoms with Crippen LogP contribution in [0.2, 0.25) is 0 Å². The van der Waals surface area contributed by atoms with Crippen LogP contribution in [0.4, 0.5) is 5.82 Å². The van der Waals surface area contributed by atoms with Crippen molar-refractivity contribution in [2.24, 2.45) is 0 Å². The third kappa shape index (κ3) is 3.47. The molecule has 6 nitrogen and oxygen atoms in total. The summed E-state index contributed by atoms with van der Waals surface area (Å²) >= 11 is 0. The smallest absolute Gasteiger partial charge is 0.358 e. The predicted molar refractivity (Wildman–Crippen MR) is 58.2 cm³/mol. The summed E-state index contributed by atoms with van der Waals surface area (Å²) in [5.41, 5.74) is 0.157. The zero-order valence-electron chi connectivity index (χ0n) is 9.30. The van der Waals surface area contributed by atoms with Crippen LogP contribution in [-0.2, 0) is 4.74 Å². The van der Waals surface area contributed by atoms with Crippen molar-refractivity contribution in [3.8, 4) is 0 Å². The number of rotatable bonds is 5. The number of anilines is 1. The lowest BCUT2D eigenvalue weighted by Crippen LogP contribution is -2.19. The Hall–Kier alpha value is -1.69. The SMILES string of the molecule is CCC(O)CNc1ccc(C(=O)OC)nn1. The molecule has 1 aromatic rings. The van der Waals surface area contributed by atoms with Crippen molar-refractivity contribution in [2.75, 3.05) is 19.0 Å². The van der Waals surface area contributed by atoms with Crippen LogP contribution in [0.5, 0.6) is 0 Å². The highest BCUT2D eigenvalue weighted by atomic mass is 16.5. The number of hydrogen-bond donors (Lipinski definition) is 2. The Balaban J connectivity index is 2.54. The molecule has 0 aliphatic heterocycles. The summed E-state index contributed by atoms with van der Waals surface area (Å²) in [4.78, 5) is 11.1. The first-order chi connectivity index (χ1) is 7.67. The quantitative estimate of drug-likeness (QED) is 0.708. The van der Waals surface area contributed by atoms with E-state index in [4.69, 9.17) is 0 Å². The van der Waals surface area contributed by atoms with Gasteiger partial charge in [-0.2, -0.15) is 0 Å². The Kier molecular flexibility index (Phi) is 4.65. The fourth-order valence-electron chi connectivity index (χ4n) is 1.01. The highest BCUT2D eigenvalue weighted by Gasteiger charge is 2.07. The second-order valence-electron chi connectivity index (χ2n) is 3.24. The second kappa shape index (κ2) is 6.02. The van der Waals surface area contributed by atoms with Crippen LogP contribution in [-0.4, -0.2) is 41.0 Å². The number of hydrogen-bond acceptors (Lipinski definition) is 6. The molecule has 0 fully saturated rings. The van der Waals surface area contributed by atoms with Crippen LogP contribution in [0.1, 0.15) is 23.8 Å². The number of carbonyl (C=O) groups excluding carboxylic acids is 1. The first-order valence-corrected chi connectivity index (χ1v) is 5.01. The van der Waals surface area contributed by atoms with Gasteiger partial charge in [0, 0.05) is 6.54 Å². The fraction of sp³-hybridized carbons (Fsp3) is 0.500. The Morgan fingerprint density at radius 3 is 2.81 bits per heavy atom. The molecule has 0 saturated heterocycles. The van der Waals surface area contributed by atoms with Crippen molar-refractivity contribution >= 4 is 11.8 Å². The average Bonchev–Trinajstić information content (AvgIpc) is 2.35. The Bertz CT molecular complexity index is 340. The first kappa shape index (κ1) is 12.4. The molecule has 1 atom stereocenters. The standard InChI is InChI=1S/C10H15N3O3/c1-3-7(14)6-11-9-5-4-8(12-13-9)10(15)16-2/h4-5,7,14H,3,6H2,1-2H3,(H,11,13). The topological polar surface area (TPSA) is 84.3 Å². The lowest BCUT2D eigenvalue weighted by Gasteiger charge is -2.09. The lowest BCUT2D eigenvalue weighted by atomic mass is 10.3.